The highest BCUT2D eigenvalue weighted by molar-refractivity contribution is 5.85. The van der Waals surface area contributed by atoms with E-state index in [2.05, 4.69) is 6.92 Å². The topological polar surface area (TPSA) is 57.6 Å². The van der Waals surface area contributed by atoms with Gasteiger partial charge in [0.2, 0.25) is 5.91 Å². The molecule has 4 nitrogen and oxygen atoms in total. The Kier molecular flexibility index (Phi) is 4.65. The van der Waals surface area contributed by atoms with Crippen LogP contribution in [-0.2, 0) is 35.4 Å². The quantitative estimate of drug-likeness (QED) is 0.941. The number of aliphatic carboxylic acids is 1. The van der Waals surface area contributed by atoms with Crippen molar-refractivity contribution >= 4 is 11.9 Å². The molecule has 0 fully saturated rings. The van der Waals surface area contributed by atoms with Crippen molar-refractivity contribution in [1.82, 2.24) is 4.90 Å². The van der Waals surface area contributed by atoms with E-state index in [4.69, 9.17) is 0 Å². The number of amides is 1. The first-order chi connectivity index (χ1) is 11.6. The first-order valence-electron chi connectivity index (χ1n) is 8.25. The van der Waals surface area contributed by atoms with Gasteiger partial charge in [-0.3, -0.25) is 4.79 Å². The molecule has 24 heavy (non-hydrogen) atoms. The van der Waals surface area contributed by atoms with Crippen LogP contribution in [-0.4, -0.2) is 27.9 Å². The van der Waals surface area contributed by atoms with Gasteiger partial charge < -0.3 is 10.0 Å². The number of carbonyl (C=O) groups excluding carboxylic acids is 1. The summed E-state index contributed by atoms with van der Waals surface area (Å²) in [7, 11) is 0. The number of aryl methyl sites for hydroxylation is 1. The van der Waals surface area contributed by atoms with Crippen molar-refractivity contribution in [2.24, 2.45) is 0 Å². The third-order valence-corrected chi connectivity index (χ3v) is 4.64. The minimum Gasteiger partial charge on any atom is -0.480 e. The molecule has 1 aliphatic heterocycles. The first-order valence-corrected chi connectivity index (χ1v) is 8.25. The number of carbonyl (C=O) groups is 2. The van der Waals surface area contributed by atoms with Crippen molar-refractivity contribution in [3.63, 3.8) is 0 Å². The van der Waals surface area contributed by atoms with Gasteiger partial charge >= 0.3 is 5.97 Å². The predicted octanol–water partition coefficient (Wildman–Crippen LogP) is 2.83. The minimum absolute atomic E-state index is 0.138. The van der Waals surface area contributed by atoms with Gasteiger partial charge in [0, 0.05) is 13.0 Å². The summed E-state index contributed by atoms with van der Waals surface area (Å²) < 4.78 is 0. The van der Waals surface area contributed by atoms with E-state index in [9.17, 15) is 14.7 Å². The van der Waals surface area contributed by atoms with Crippen LogP contribution < -0.4 is 0 Å². The zero-order valence-electron chi connectivity index (χ0n) is 13.7. The van der Waals surface area contributed by atoms with E-state index >= 15 is 0 Å². The molecule has 124 valence electrons. The van der Waals surface area contributed by atoms with Gasteiger partial charge in [-0.2, -0.15) is 0 Å². The number of nitrogens with zero attached hydrogens (tertiary/aromatic N) is 1. The lowest BCUT2D eigenvalue weighted by atomic mass is 9.93. The number of rotatable bonds is 4. The van der Waals surface area contributed by atoms with Gasteiger partial charge in [0.25, 0.3) is 0 Å². The van der Waals surface area contributed by atoms with E-state index in [0.717, 1.165) is 23.1 Å². The number of carboxylic acids is 1. The number of hydrogen-bond acceptors (Lipinski definition) is 2. The zero-order chi connectivity index (χ0) is 17.1. The fourth-order valence-corrected chi connectivity index (χ4v) is 3.17. The summed E-state index contributed by atoms with van der Waals surface area (Å²) in [6, 6.07) is 14.9. The lowest BCUT2D eigenvalue weighted by Gasteiger charge is -2.34. The van der Waals surface area contributed by atoms with Crippen molar-refractivity contribution in [3.05, 3.63) is 70.8 Å². The Bertz CT molecular complexity index is 752. The minimum atomic E-state index is -0.945. The predicted molar refractivity (Wildman–Crippen MR) is 91.6 cm³/mol. The maximum absolute atomic E-state index is 12.7. The summed E-state index contributed by atoms with van der Waals surface area (Å²) in [5, 5.41) is 9.52. The van der Waals surface area contributed by atoms with Gasteiger partial charge in [-0.1, -0.05) is 55.5 Å². The standard InChI is InChI=1S/C20H21NO3/c1-2-14-7-9-15(10-8-14)11-19(22)21-13-17-6-4-3-5-16(17)12-18(21)20(23)24/h3-10,18H,2,11-13H2,1H3,(H,23,24). The lowest BCUT2D eigenvalue weighted by molar-refractivity contribution is -0.151. The van der Waals surface area contributed by atoms with E-state index < -0.39 is 12.0 Å². The Morgan fingerprint density at radius 1 is 1.04 bits per heavy atom. The van der Waals surface area contributed by atoms with Gasteiger partial charge in [0.05, 0.1) is 6.42 Å². The molecule has 0 aliphatic carbocycles. The molecule has 1 unspecified atom stereocenters. The van der Waals surface area contributed by atoms with Gasteiger partial charge in [-0.25, -0.2) is 4.79 Å². The average molecular weight is 323 g/mol. The second-order valence-corrected chi connectivity index (χ2v) is 6.20. The summed E-state index contributed by atoms with van der Waals surface area (Å²) in [4.78, 5) is 25.8. The first kappa shape index (κ1) is 16.2. The van der Waals surface area contributed by atoms with Crippen molar-refractivity contribution in [2.75, 3.05) is 0 Å². The molecule has 1 aliphatic rings. The smallest absolute Gasteiger partial charge is 0.326 e. The Hall–Kier alpha value is -2.62. The number of hydrogen-bond donors (Lipinski definition) is 1. The molecular formula is C20H21NO3. The molecule has 1 heterocycles. The van der Waals surface area contributed by atoms with Crippen LogP contribution in [0.3, 0.4) is 0 Å². The largest absolute Gasteiger partial charge is 0.480 e. The van der Waals surface area contributed by atoms with Crippen LogP contribution in [0.4, 0.5) is 0 Å². The molecule has 0 spiro atoms. The van der Waals surface area contributed by atoms with E-state index in [1.807, 2.05) is 48.5 Å². The Morgan fingerprint density at radius 2 is 1.67 bits per heavy atom. The van der Waals surface area contributed by atoms with Crippen molar-refractivity contribution in [2.45, 2.75) is 38.8 Å². The van der Waals surface area contributed by atoms with Gasteiger partial charge in [0.15, 0.2) is 0 Å². The highest BCUT2D eigenvalue weighted by Gasteiger charge is 2.34. The van der Waals surface area contributed by atoms with Crippen molar-refractivity contribution in [1.29, 1.82) is 0 Å². The third-order valence-electron chi connectivity index (χ3n) is 4.64. The number of fused-ring (bicyclic) bond motifs is 1. The Morgan fingerprint density at radius 3 is 2.29 bits per heavy atom. The van der Waals surface area contributed by atoms with Crippen LogP contribution in [0.2, 0.25) is 0 Å². The molecule has 2 aromatic rings. The highest BCUT2D eigenvalue weighted by Crippen LogP contribution is 2.24. The molecule has 3 rings (SSSR count). The van der Waals surface area contributed by atoms with Crippen LogP contribution in [0, 0.1) is 0 Å². The fraction of sp³-hybridized carbons (Fsp3) is 0.300. The molecule has 0 radical (unpaired) electrons. The second-order valence-electron chi connectivity index (χ2n) is 6.20. The maximum atomic E-state index is 12.7. The second kappa shape index (κ2) is 6.87. The average Bonchev–Trinajstić information content (AvgIpc) is 2.61. The molecule has 0 saturated carbocycles. The van der Waals surface area contributed by atoms with Crippen LogP contribution in [0.15, 0.2) is 48.5 Å². The summed E-state index contributed by atoms with van der Waals surface area (Å²) in [5.74, 6) is -1.08. The molecule has 0 saturated heterocycles. The highest BCUT2D eigenvalue weighted by atomic mass is 16.4. The fourth-order valence-electron chi connectivity index (χ4n) is 3.17. The monoisotopic (exact) mass is 323 g/mol. The molecule has 1 N–H and O–H groups in total. The molecule has 2 aromatic carbocycles. The molecule has 4 heteroatoms. The van der Waals surface area contributed by atoms with E-state index in [-0.39, 0.29) is 12.3 Å². The van der Waals surface area contributed by atoms with E-state index in [0.29, 0.717) is 13.0 Å². The van der Waals surface area contributed by atoms with Gasteiger partial charge in [-0.15, -0.1) is 0 Å². The van der Waals surface area contributed by atoms with Crippen molar-refractivity contribution < 1.29 is 14.7 Å². The van der Waals surface area contributed by atoms with E-state index in [1.54, 1.807) is 0 Å². The normalized spacial score (nSPS) is 16.5. The number of benzene rings is 2. The van der Waals surface area contributed by atoms with Crippen LogP contribution in [0.5, 0.6) is 0 Å². The van der Waals surface area contributed by atoms with Crippen molar-refractivity contribution in [3.8, 4) is 0 Å². The summed E-state index contributed by atoms with van der Waals surface area (Å²) >= 11 is 0. The zero-order valence-corrected chi connectivity index (χ0v) is 13.7. The summed E-state index contributed by atoms with van der Waals surface area (Å²) in [6.07, 6.45) is 1.56. The molecule has 1 atom stereocenters. The SMILES string of the molecule is CCc1ccc(CC(=O)N2Cc3ccccc3CC2C(=O)O)cc1. The summed E-state index contributed by atoms with van der Waals surface area (Å²) in [6.45, 7) is 2.45. The third kappa shape index (κ3) is 3.32. The van der Waals surface area contributed by atoms with Crippen LogP contribution in [0.1, 0.15) is 29.2 Å². The van der Waals surface area contributed by atoms with Gasteiger partial charge in [0.1, 0.15) is 6.04 Å². The Balaban J connectivity index is 1.80. The Labute approximate surface area is 141 Å². The molecular weight excluding hydrogens is 302 g/mol. The molecule has 0 aromatic heterocycles. The molecule has 1 amide bonds. The van der Waals surface area contributed by atoms with Crippen LogP contribution >= 0.6 is 0 Å². The van der Waals surface area contributed by atoms with Gasteiger partial charge in [-0.05, 0) is 28.7 Å². The number of carboxylic acid groups (broad SMARTS) is 1. The van der Waals surface area contributed by atoms with E-state index in [1.165, 1.54) is 10.5 Å². The van der Waals surface area contributed by atoms with Crippen LogP contribution in [0.25, 0.3) is 0 Å². The maximum Gasteiger partial charge on any atom is 0.326 e. The lowest BCUT2D eigenvalue weighted by Crippen LogP contribution is -2.49. The molecule has 0 bridgehead atoms. The summed E-state index contributed by atoms with van der Waals surface area (Å²) in [5.41, 5.74) is 4.19.